The molecule has 0 aromatic carbocycles. The Hall–Kier alpha value is -1.67. The fourth-order valence-electron chi connectivity index (χ4n) is 1.30. The standard InChI is InChI=1S/C10H15N3O4S/c1-7-5-8(10(14)15)6-9(13-7)12-3-4-18(16,17)11-2/h5-6,11H,3-4H2,1-2H3,(H,12,13)(H,14,15). The molecule has 0 amide bonds. The number of hydrogen-bond donors (Lipinski definition) is 3. The molecule has 0 saturated heterocycles. The van der Waals surface area contributed by atoms with Crippen LogP contribution in [0.1, 0.15) is 16.1 Å². The number of aryl methyl sites for hydroxylation is 1. The molecule has 7 nitrogen and oxygen atoms in total. The molecular weight excluding hydrogens is 258 g/mol. The SMILES string of the molecule is CNS(=O)(=O)CCNc1cc(C(=O)O)cc(C)n1. The van der Waals surface area contributed by atoms with E-state index in [1.54, 1.807) is 6.92 Å². The second-order valence-corrected chi connectivity index (χ2v) is 5.68. The second kappa shape index (κ2) is 5.78. The quantitative estimate of drug-likeness (QED) is 0.676. The van der Waals surface area contributed by atoms with Gasteiger partial charge in [0.15, 0.2) is 0 Å². The van der Waals surface area contributed by atoms with Crippen LogP contribution < -0.4 is 10.0 Å². The summed E-state index contributed by atoms with van der Waals surface area (Å²) >= 11 is 0. The lowest BCUT2D eigenvalue weighted by molar-refractivity contribution is 0.0696. The zero-order valence-corrected chi connectivity index (χ0v) is 10.9. The second-order valence-electron chi connectivity index (χ2n) is 3.64. The van der Waals surface area contributed by atoms with Gasteiger partial charge in [-0.25, -0.2) is 22.9 Å². The number of anilines is 1. The maximum Gasteiger partial charge on any atom is 0.335 e. The molecule has 0 aliphatic heterocycles. The Kier molecular flexibility index (Phi) is 4.62. The number of carboxylic acid groups (broad SMARTS) is 1. The van der Waals surface area contributed by atoms with E-state index in [2.05, 4.69) is 15.0 Å². The lowest BCUT2D eigenvalue weighted by Crippen LogP contribution is -2.26. The Bertz CT molecular complexity index is 542. The fraction of sp³-hybridized carbons (Fsp3) is 0.400. The number of nitrogens with one attached hydrogen (secondary N) is 2. The Morgan fingerprint density at radius 3 is 2.67 bits per heavy atom. The van der Waals surface area contributed by atoms with Crippen molar-refractivity contribution in [1.29, 1.82) is 0 Å². The van der Waals surface area contributed by atoms with E-state index < -0.39 is 16.0 Å². The van der Waals surface area contributed by atoms with E-state index >= 15 is 0 Å². The van der Waals surface area contributed by atoms with E-state index in [1.807, 2.05) is 0 Å². The fourth-order valence-corrected chi connectivity index (χ4v) is 1.87. The van der Waals surface area contributed by atoms with E-state index in [9.17, 15) is 13.2 Å². The first kappa shape index (κ1) is 14.4. The molecule has 0 bridgehead atoms. The van der Waals surface area contributed by atoms with Crippen molar-refractivity contribution >= 4 is 21.8 Å². The maximum atomic E-state index is 11.2. The van der Waals surface area contributed by atoms with E-state index in [-0.39, 0.29) is 17.9 Å². The van der Waals surface area contributed by atoms with Crippen LogP contribution in [0.5, 0.6) is 0 Å². The highest BCUT2D eigenvalue weighted by atomic mass is 32.2. The van der Waals surface area contributed by atoms with E-state index in [1.165, 1.54) is 19.2 Å². The van der Waals surface area contributed by atoms with Gasteiger partial charge in [0.2, 0.25) is 10.0 Å². The zero-order chi connectivity index (χ0) is 13.8. The Morgan fingerprint density at radius 2 is 2.11 bits per heavy atom. The summed E-state index contributed by atoms with van der Waals surface area (Å²) in [5.74, 6) is -0.813. The number of carboxylic acids is 1. The normalized spacial score (nSPS) is 11.2. The van der Waals surface area contributed by atoms with Crippen LogP contribution in [-0.2, 0) is 10.0 Å². The molecule has 0 saturated carbocycles. The minimum atomic E-state index is -3.28. The van der Waals surface area contributed by atoms with Crippen LogP contribution in [0.25, 0.3) is 0 Å². The van der Waals surface area contributed by atoms with Crippen molar-refractivity contribution in [1.82, 2.24) is 9.71 Å². The summed E-state index contributed by atoms with van der Waals surface area (Å²) in [5.41, 5.74) is 0.662. The van der Waals surface area contributed by atoms with Gasteiger partial charge in [0, 0.05) is 12.2 Å². The molecule has 0 fully saturated rings. The van der Waals surface area contributed by atoms with Crippen molar-refractivity contribution in [3.05, 3.63) is 23.4 Å². The molecule has 8 heteroatoms. The molecule has 1 aromatic rings. The monoisotopic (exact) mass is 273 g/mol. The first-order chi connectivity index (χ1) is 8.34. The Morgan fingerprint density at radius 1 is 1.44 bits per heavy atom. The molecule has 1 aromatic heterocycles. The number of sulfonamides is 1. The molecule has 3 N–H and O–H groups in total. The molecule has 0 spiro atoms. The lowest BCUT2D eigenvalue weighted by atomic mass is 10.2. The van der Waals surface area contributed by atoms with Crippen LogP contribution >= 0.6 is 0 Å². The van der Waals surface area contributed by atoms with Crippen molar-refractivity contribution in [3.8, 4) is 0 Å². The van der Waals surface area contributed by atoms with Crippen molar-refractivity contribution < 1.29 is 18.3 Å². The number of aromatic carboxylic acids is 1. The largest absolute Gasteiger partial charge is 0.478 e. The molecular formula is C10H15N3O4S. The smallest absolute Gasteiger partial charge is 0.335 e. The molecule has 0 aliphatic rings. The molecule has 1 rings (SSSR count). The van der Waals surface area contributed by atoms with Crippen molar-refractivity contribution in [2.24, 2.45) is 0 Å². The minimum absolute atomic E-state index is 0.110. The van der Waals surface area contributed by atoms with Gasteiger partial charge in [0.1, 0.15) is 5.82 Å². The van der Waals surface area contributed by atoms with Crippen LogP contribution in [0.15, 0.2) is 12.1 Å². The summed E-state index contributed by atoms with van der Waals surface area (Å²) in [7, 11) is -1.95. The predicted octanol–water partition coefficient (Wildman–Crippen LogP) is 0.0493. The zero-order valence-electron chi connectivity index (χ0n) is 10.1. The van der Waals surface area contributed by atoms with Gasteiger partial charge in [0.25, 0.3) is 0 Å². The third-order valence-corrected chi connectivity index (χ3v) is 3.55. The van der Waals surface area contributed by atoms with Gasteiger partial charge in [-0.05, 0) is 26.1 Å². The molecule has 0 aliphatic carbocycles. The van der Waals surface area contributed by atoms with Gasteiger partial charge < -0.3 is 10.4 Å². The number of nitrogens with zero attached hydrogens (tertiary/aromatic N) is 1. The van der Waals surface area contributed by atoms with Gasteiger partial charge in [-0.1, -0.05) is 0 Å². The first-order valence-electron chi connectivity index (χ1n) is 5.21. The van der Waals surface area contributed by atoms with Crippen molar-refractivity contribution in [3.63, 3.8) is 0 Å². The summed E-state index contributed by atoms with van der Waals surface area (Å²) in [6.07, 6.45) is 0. The number of carbonyl (C=O) groups is 1. The van der Waals surface area contributed by atoms with Gasteiger partial charge in [-0.3, -0.25) is 0 Å². The van der Waals surface area contributed by atoms with Gasteiger partial charge in [0.05, 0.1) is 11.3 Å². The molecule has 100 valence electrons. The average molecular weight is 273 g/mol. The Balaban J connectivity index is 2.71. The summed E-state index contributed by atoms with van der Waals surface area (Å²) in [4.78, 5) is 14.9. The number of pyridine rings is 1. The van der Waals surface area contributed by atoms with Crippen LogP contribution in [-0.4, -0.2) is 43.8 Å². The lowest BCUT2D eigenvalue weighted by Gasteiger charge is -2.07. The third kappa shape index (κ3) is 4.30. The summed E-state index contributed by atoms with van der Waals surface area (Å²) in [6, 6.07) is 2.80. The van der Waals surface area contributed by atoms with E-state index in [4.69, 9.17) is 5.11 Å². The summed E-state index contributed by atoms with van der Waals surface area (Å²) < 4.78 is 24.5. The van der Waals surface area contributed by atoms with E-state index in [0.29, 0.717) is 11.5 Å². The summed E-state index contributed by atoms with van der Waals surface area (Å²) in [5, 5.41) is 11.6. The first-order valence-corrected chi connectivity index (χ1v) is 6.86. The maximum absolute atomic E-state index is 11.2. The van der Waals surface area contributed by atoms with Crippen LogP contribution in [0.2, 0.25) is 0 Å². The van der Waals surface area contributed by atoms with Crippen molar-refractivity contribution in [2.75, 3.05) is 24.7 Å². The van der Waals surface area contributed by atoms with Crippen LogP contribution in [0.3, 0.4) is 0 Å². The molecule has 18 heavy (non-hydrogen) atoms. The molecule has 0 atom stereocenters. The topological polar surface area (TPSA) is 108 Å². The van der Waals surface area contributed by atoms with Gasteiger partial charge in [-0.2, -0.15) is 0 Å². The highest BCUT2D eigenvalue weighted by molar-refractivity contribution is 7.89. The molecule has 0 unspecified atom stereocenters. The van der Waals surface area contributed by atoms with Crippen molar-refractivity contribution in [2.45, 2.75) is 6.92 Å². The van der Waals surface area contributed by atoms with Gasteiger partial charge >= 0.3 is 5.97 Å². The highest BCUT2D eigenvalue weighted by Gasteiger charge is 2.08. The van der Waals surface area contributed by atoms with E-state index in [0.717, 1.165) is 0 Å². The molecule has 1 heterocycles. The third-order valence-electron chi connectivity index (χ3n) is 2.19. The predicted molar refractivity (Wildman–Crippen MR) is 67.3 cm³/mol. The number of rotatable bonds is 6. The van der Waals surface area contributed by atoms with Gasteiger partial charge in [-0.15, -0.1) is 0 Å². The number of aromatic nitrogens is 1. The minimum Gasteiger partial charge on any atom is -0.478 e. The average Bonchev–Trinajstić information content (AvgIpc) is 2.28. The molecule has 0 radical (unpaired) electrons. The summed E-state index contributed by atoms with van der Waals surface area (Å²) in [6.45, 7) is 1.82. The van der Waals surface area contributed by atoms with Crippen LogP contribution in [0.4, 0.5) is 5.82 Å². The highest BCUT2D eigenvalue weighted by Crippen LogP contribution is 2.09. The van der Waals surface area contributed by atoms with Crippen LogP contribution in [0, 0.1) is 6.92 Å². The number of hydrogen-bond acceptors (Lipinski definition) is 5. The Labute approximate surface area is 105 Å².